The summed E-state index contributed by atoms with van der Waals surface area (Å²) in [6.45, 7) is -0.0689. The number of hydrogen-bond acceptors (Lipinski definition) is 4. The molecule has 1 aromatic rings. The van der Waals surface area contributed by atoms with Crippen molar-refractivity contribution in [2.24, 2.45) is 11.8 Å². The van der Waals surface area contributed by atoms with Crippen LogP contribution in [0.3, 0.4) is 0 Å². The van der Waals surface area contributed by atoms with Crippen molar-refractivity contribution in [3.63, 3.8) is 0 Å². The van der Waals surface area contributed by atoms with Gasteiger partial charge in [0.2, 0.25) is 11.8 Å². The SMILES string of the molecule is N#CCOc1cccc(N2C(=O)C3CC=CCC3C2=O)c1. The molecule has 106 valence electrons. The van der Waals surface area contributed by atoms with Gasteiger partial charge in [-0.1, -0.05) is 18.2 Å². The molecule has 5 nitrogen and oxygen atoms in total. The Hall–Kier alpha value is -2.61. The van der Waals surface area contributed by atoms with Gasteiger partial charge in [0.1, 0.15) is 11.8 Å². The summed E-state index contributed by atoms with van der Waals surface area (Å²) in [6, 6.07) is 8.62. The predicted octanol–water partition coefficient (Wildman–Crippen LogP) is 2.04. The Kier molecular flexibility index (Phi) is 3.44. The number of ether oxygens (including phenoxy) is 1. The number of carbonyl (C=O) groups is 2. The third kappa shape index (κ3) is 2.29. The van der Waals surface area contributed by atoms with E-state index in [1.165, 1.54) is 4.90 Å². The largest absolute Gasteiger partial charge is 0.479 e. The summed E-state index contributed by atoms with van der Waals surface area (Å²) in [7, 11) is 0. The fraction of sp³-hybridized carbons (Fsp3) is 0.312. The van der Waals surface area contributed by atoms with Crippen molar-refractivity contribution in [2.75, 3.05) is 11.5 Å². The number of nitriles is 1. The van der Waals surface area contributed by atoms with Crippen molar-refractivity contribution >= 4 is 17.5 Å². The molecule has 0 saturated carbocycles. The number of imide groups is 1. The highest BCUT2D eigenvalue weighted by Crippen LogP contribution is 2.38. The minimum atomic E-state index is -0.244. The van der Waals surface area contributed by atoms with Gasteiger partial charge in [-0.2, -0.15) is 5.26 Å². The lowest BCUT2D eigenvalue weighted by molar-refractivity contribution is -0.122. The second-order valence-electron chi connectivity index (χ2n) is 5.11. The van der Waals surface area contributed by atoms with E-state index in [4.69, 9.17) is 10.00 Å². The van der Waals surface area contributed by atoms with Crippen LogP contribution in [0.1, 0.15) is 12.8 Å². The minimum absolute atomic E-state index is 0.0689. The van der Waals surface area contributed by atoms with Gasteiger partial charge < -0.3 is 4.74 Å². The number of allylic oxidation sites excluding steroid dienone is 2. The maximum atomic E-state index is 12.5. The lowest BCUT2D eigenvalue weighted by atomic mass is 9.85. The zero-order chi connectivity index (χ0) is 14.8. The van der Waals surface area contributed by atoms with Crippen molar-refractivity contribution < 1.29 is 14.3 Å². The Balaban J connectivity index is 1.89. The van der Waals surface area contributed by atoms with E-state index in [2.05, 4.69) is 0 Å². The second-order valence-corrected chi connectivity index (χ2v) is 5.11. The van der Waals surface area contributed by atoms with E-state index in [0.29, 0.717) is 24.3 Å². The van der Waals surface area contributed by atoms with E-state index in [0.717, 1.165) is 0 Å². The normalized spacial score (nSPS) is 23.9. The molecular weight excluding hydrogens is 268 g/mol. The summed E-state index contributed by atoms with van der Waals surface area (Å²) >= 11 is 0. The molecule has 0 bridgehead atoms. The molecule has 1 aliphatic heterocycles. The smallest absolute Gasteiger partial charge is 0.238 e. The van der Waals surface area contributed by atoms with Gasteiger partial charge in [-0.15, -0.1) is 0 Å². The molecule has 5 heteroatoms. The molecule has 2 unspecified atom stereocenters. The van der Waals surface area contributed by atoms with Gasteiger partial charge in [0.25, 0.3) is 0 Å². The van der Waals surface area contributed by atoms with Crippen molar-refractivity contribution in [3.8, 4) is 11.8 Å². The average molecular weight is 282 g/mol. The van der Waals surface area contributed by atoms with Crippen LogP contribution in [0.15, 0.2) is 36.4 Å². The van der Waals surface area contributed by atoms with Crippen LogP contribution in [-0.4, -0.2) is 18.4 Å². The summed E-state index contributed by atoms with van der Waals surface area (Å²) in [6.07, 6.45) is 5.16. The molecule has 0 aromatic heterocycles. The van der Waals surface area contributed by atoms with Gasteiger partial charge in [-0.3, -0.25) is 9.59 Å². The predicted molar refractivity (Wildman–Crippen MR) is 75.4 cm³/mol. The molecule has 0 radical (unpaired) electrons. The number of benzene rings is 1. The molecule has 1 aromatic carbocycles. The summed E-state index contributed by atoms with van der Waals surface area (Å²) in [5.74, 6) is -0.307. The molecule has 1 aliphatic carbocycles. The summed E-state index contributed by atoms with van der Waals surface area (Å²) in [4.78, 5) is 26.2. The molecule has 3 rings (SSSR count). The highest BCUT2D eigenvalue weighted by atomic mass is 16.5. The number of anilines is 1. The van der Waals surface area contributed by atoms with Gasteiger partial charge in [-0.25, -0.2) is 4.90 Å². The lowest BCUT2D eigenvalue weighted by Gasteiger charge is -2.15. The van der Waals surface area contributed by atoms with Crippen LogP contribution in [0, 0.1) is 23.2 Å². The van der Waals surface area contributed by atoms with Crippen LogP contribution < -0.4 is 9.64 Å². The first-order valence-corrected chi connectivity index (χ1v) is 6.85. The Morgan fingerprint density at radius 3 is 2.48 bits per heavy atom. The maximum absolute atomic E-state index is 12.5. The Labute approximate surface area is 122 Å². The van der Waals surface area contributed by atoms with Crippen LogP contribution in [0.2, 0.25) is 0 Å². The van der Waals surface area contributed by atoms with Crippen LogP contribution in [0.5, 0.6) is 5.75 Å². The highest BCUT2D eigenvalue weighted by molar-refractivity contribution is 6.22. The number of carbonyl (C=O) groups excluding carboxylic acids is 2. The van der Waals surface area contributed by atoms with Crippen LogP contribution in [0.25, 0.3) is 0 Å². The number of amides is 2. The van der Waals surface area contributed by atoms with Gasteiger partial charge >= 0.3 is 0 Å². The lowest BCUT2D eigenvalue weighted by Crippen LogP contribution is -2.30. The molecule has 1 saturated heterocycles. The number of nitrogens with zero attached hydrogens (tertiary/aromatic N) is 2. The quantitative estimate of drug-likeness (QED) is 0.628. The van der Waals surface area contributed by atoms with Crippen molar-refractivity contribution in [1.82, 2.24) is 0 Å². The third-order valence-corrected chi connectivity index (χ3v) is 3.89. The molecular formula is C16H14N2O3. The average Bonchev–Trinajstić information content (AvgIpc) is 2.78. The number of hydrogen-bond donors (Lipinski definition) is 0. The molecule has 21 heavy (non-hydrogen) atoms. The number of rotatable bonds is 3. The van der Waals surface area contributed by atoms with E-state index >= 15 is 0 Å². The number of fused-ring (bicyclic) bond motifs is 1. The third-order valence-electron chi connectivity index (χ3n) is 3.89. The van der Waals surface area contributed by atoms with E-state index < -0.39 is 0 Å². The molecule has 2 aliphatic rings. The standard InChI is InChI=1S/C16H14N2O3/c17-8-9-21-12-5-3-4-11(10-12)18-15(19)13-6-1-2-7-14(13)16(18)20/h1-5,10,13-14H,6-7,9H2. The first-order chi connectivity index (χ1) is 10.2. The second kappa shape index (κ2) is 5.41. The van der Waals surface area contributed by atoms with Crippen LogP contribution >= 0.6 is 0 Å². The van der Waals surface area contributed by atoms with E-state index in [9.17, 15) is 9.59 Å². The molecule has 0 N–H and O–H groups in total. The fourth-order valence-corrected chi connectivity index (χ4v) is 2.88. The van der Waals surface area contributed by atoms with Gasteiger partial charge in [-0.05, 0) is 25.0 Å². The van der Waals surface area contributed by atoms with E-state index in [1.54, 1.807) is 24.3 Å². The summed E-state index contributed by atoms with van der Waals surface area (Å²) in [5, 5.41) is 8.53. The maximum Gasteiger partial charge on any atom is 0.238 e. The minimum Gasteiger partial charge on any atom is -0.479 e. The Bertz CT molecular complexity index is 634. The van der Waals surface area contributed by atoms with Crippen molar-refractivity contribution in [2.45, 2.75) is 12.8 Å². The first kappa shape index (κ1) is 13.4. The van der Waals surface area contributed by atoms with Crippen molar-refractivity contribution in [1.29, 1.82) is 5.26 Å². The molecule has 2 atom stereocenters. The monoisotopic (exact) mass is 282 g/mol. The van der Waals surface area contributed by atoms with Crippen LogP contribution in [-0.2, 0) is 9.59 Å². The van der Waals surface area contributed by atoms with E-state index in [-0.39, 0.29) is 30.3 Å². The zero-order valence-corrected chi connectivity index (χ0v) is 11.4. The molecule has 1 fully saturated rings. The summed E-state index contributed by atoms with van der Waals surface area (Å²) < 4.78 is 5.22. The van der Waals surface area contributed by atoms with Gasteiger partial charge in [0.15, 0.2) is 6.61 Å². The van der Waals surface area contributed by atoms with Gasteiger partial charge in [0, 0.05) is 6.07 Å². The molecule has 1 heterocycles. The van der Waals surface area contributed by atoms with Crippen LogP contribution in [0.4, 0.5) is 5.69 Å². The molecule has 0 spiro atoms. The topological polar surface area (TPSA) is 70.4 Å². The molecule has 2 amide bonds. The zero-order valence-electron chi connectivity index (χ0n) is 11.4. The Morgan fingerprint density at radius 2 is 1.86 bits per heavy atom. The van der Waals surface area contributed by atoms with E-state index in [1.807, 2.05) is 18.2 Å². The first-order valence-electron chi connectivity index (χ1n) is 6.85. The summed E-state index contributed by atoms with van der Waals surface area (Å²) in [5.41, 5.74) is 0.509. The van der Waals surface area contributed by atoms with Crippen molar-refractivity contribution in [3.05, 3.63) is 36.4 Å². The fourth-order valence-electron chi connectivity index (χ4n) is 2.88. The Morgan fingerprint density at radius 1 is 1.19 bits per heavy atom. The van der Waals surface area contributed by atoms with Gasteiger partial charge in [0.05, 0.1) is 17.5 Å². The highest BCUT2D eigenvalue weighted by Gasteiger charge is 2.47.